The molecule has 9 heteroatoms. The number of nitrogens with zero attached hydrogens (tertiary/aromatic N) is 1. The van der Waals surface area contributed by atoms with Gasteiger partial charge in [0.05, 0.1) is 23.7 Å². The summed E-state index contributed by atoms with van der Waals surface area (Å²) < 4.78 is 15.6. The Morgan fingerprint density at radius 1 is 1.03 bits per heavy atom. The van der Waals surface area contributed by atoms with E-state index in [-0.39, 0.29) is 11.0 Å². The number of imide groups is 1. The second kappa shape index (κ2) is 10.8. The van der Waals surface area contributed by atoms with E-state index in [4.69, 9.17) is 14.2 Å². The lowest BCUT2D eigenvalue weighted by molar-refractivity contribution is -0.150. The van der Waals surface area contributed by atoms with Crippen LogP contribution in [0.5, 0.6) is 11.5 Å². The summed E-state index contributed by atoms with van der Waals surface area (Å²) in [6, 6.07) is 13.0. The maximum Gasteiger partial charge on any atom is 0.343 e. The molecule has 1 fully saturated rings. The maximum atomic E-state index is 12.6. The fourth-order valence-corrected chi connectivity index (χ4v) is 3.63. The molecule has 3 rings (SSSR count). The standard InChI is InChI=1S/C24H23NO7S/c1-4-15(2)31-21(26)14-25-22(27)20(33-24(25)29)13-16-5-9-19(10-6-16)32-23(28)17-7-11-18(30-3)12-8-17/h5-13,15H,4,14H2,1-3H3/b20-13+/t15-/m0/s1. The van der Waals surface area contributed by atoms with Crippen LogP contribution in [0.1, 0.15) is 36.2 Å². The molecule has 0 aromatic heterocycles. The normalized spacial score (nSPS) is 15.5. The topological polar surface area (TPSA) is 99.2 Å². The van der Waals surface area contributed by atoms with Crippen LogP contribution in [0, 0.1) is 0 Å². The van der Waals surface area contributed by atoms with E-state index in [1.54, 1.807) is 61.5 Å². The van der Waals surface area contributed by atoms with Crippen molar-refractivity contribution >= 4 is 40.9 Å². The minimum atomic E-state index is -0.629. The van der Waals surface area contributed by atoms with Crippen molar-refractivity contribution in [3.63, 3.8) is 0 Å². The monoisotopic (exact) mass is 469 g/mol. The van der Waals surface area contributed by atoms with Crippen LogP contribution in [-0.4, -0.2) is 47.7 Å². The smallest absolute Gasteiger partial charge is 0.343 e. The average molecular weight is 470 g/mol. The molecule has 172 valence electrons. The summed E-state index contributed by atoms with van der Waals surface area (Å²) in [6.45, 7) is 3.18. The molecular formula is C24H23NO7S. The molecule has 2 aromatic carbocycles. The number of ether oxygens (including phenoxy) is 3. The van der Waals surface area contributed by atoms with Crippen molar-refractivity contribution in [1.82, 2.24) is 4.90 Å². The maximum absolute atomic E-state index is 12.6. The molecule has 2 aromatic rings. The number of esters is 2. The number of amides is 2. The minimum Gasteiger partial charge on any atom is -0.497 e. The van der Waals surface area contributed by atoms with E-state index >= 15 is 0 Å². The Bertz CT molecular complexity index is 1080. The van der Waals surface area contributed by atoms with Gasteiger partial charge in [-0.3, -0.25) is 19.3 Å². The number of methoxy groups -OCH3 is 1. The zero-order valence-corrected chi connectivity index (χ0v) is 19.2. The van der Waals surface area contributed by atoms with Gasteiger partial charge in [0, 0.05) is 0 Å². The minimum absolute atomic E-state index is 0.194. The fourth-order valence-electron chi connectivity index (χ4n) is 2.79. The summed E-state index contributed by atoms with van der Waals surface area (Å²) in [5, 5.41) is -0.530. The van der Waals surface area contributed by atoms with E-state index in [2.05, 4.69) is 0 Å². The summed E-state index contributed by atoms with van der Waals surface area (Å²) in [5.74, 6) is -0.741. The first-order valence-corrected chi connectivity index (χ1v) is 11.0. The molecule has 8 nitrogen and oxygen atoms in total. The van der Waals surface area contributed by atoms with E-state index in [0.29, 0.717) is 29.0 Å². The van der Waals surface area contributed by atoms with Crippen molar-refractivity contribution in [2.45, 2.75) is 26.4 Å². The number of carbonyl (C=O) groups is 4. The average Bonchev–Trinajstić information content (AvgIpc) is 3.07. The van der Waals surface area contributed by atoms with Gasteiger partial charge in [-0.25, -0.2) is 4.79 Å². The third-order valence-corrected chi connectivity index (χ3v) is 5.69. The highest BCUT2D eigenvalue weighted by Gasteiger charge is 2.36. The van der Waals surface area contributed by atoms with Crippen molar-refractivity contribution in [1.29, 1.82) is 0 Å². The molecule has 0 aliphatic carbocycles. The van der Waals surface area contributed by atoms with Crippen molar-refractivity contribution in [3.8, 4) is 11.5 Å². The molecule has 0 bridgehead atoms. The first kappa shape index (κ1) is 24.1. The Hall–Kier alpha value is -3.59. The van der Waals surface area contributed by atoms with Gasteiger partial charge in [-0.2, -0.15) is 0 Å². The van der Waals surface area contributed by atoms with Gasteiger partial charge in [0.15, 0.2) is 0 Å². The molecule has 0 spiro atoms. The third-order valence-electron chi connectivity index (χ3n) is 4.78. The van der Waals surface area contributed by atoms with Gasteiger partial charge >= 0.3 is 11.9 Å². The molecule has 1 saturated heterocycles. The number of carbonyl (C=O) groups excluding carboxylic acids is 4. The molecular weight excluding hydrogens is 446 g/mol. The van der Waals surface area contributed by atoms with Gasteiger partial charge in [-0.1, -0.05) is 19.1 Å². The Morgan fingerprint density at radius 2 is 1.67 bits per heavy atom. The van der Waals surface area contributed by atoms with Crippen LogP contribution in [0.2, 0.25) is 0 Å². The number of rotatable bonds is 8. The van der Waals surface area contributed by atoms with Gasteiger partial charge < -0.3 is 14.2 Å². The SMILES string of the molecule is CC[C@H](C)OC(=O)CN1C(=O)S/C(=C/c2ccc(OC(=O)c3ccc(OC)cc3)cc2)C1=O. The molecule has 0 N–H and O–H groups in total. The summed E-state index contributed by atoms with van der Waals surface area (Å²) in [5.41, 5.74) is 1.01. The van der Waals surface area contributed by atoms with E-state index < -0.39 is 29.6 Å². The first-order valence-electron chi connectivity index (χ1n) is 10.2. The van der Waals surface area contributed by atoms with Gasteiger partial charge in [0.25, 0.3) is 11.1 Å². The quantitative estimate of drug-likeness (QED) is 0.321. The summed E-state index contributed by atoms with van der Waals surface area (Å²) >= 11 is 0.754. The highest BCUT2D eigenvalue weighted by molar-refractivity contribution is 8.18. The van der Waals surface area contributed by atoms with Crippen LogP contribution in [0.15, 0.2) is 53.4 Å². The Balaban J connectivity index is 1.62. The zero-order valence-electron chi connectivity index (χ0n) is 18.4. The fraction of sp³-hybridized carbons (Fsp3) is 0.250. The van der Waals surface area contributed by atoms with E-state index in [9.17, 15) is 19.2 Å². The van der Waals surface area contributed by atoms with Crippen LogP contribution in [-0.2, 0) is 14.3 Å². The number of hydrogen-bond acceptors (Lipinski definition) is 8. The summed E-state index contributed by atoms with van der Waals surface area (Å²) in [6.07, 6.45) is 1.89. The predicted octanol–water partition coefficient (Wildman–Crippen LogP) is 4.29. The first-order chi connectivity index (χ1) is 15.8. The second-order valence-corrected chi connectivity index (χ2v) is 8.16. The molecule has 1 heterocycles. The Labute approximate surface area is 195 Å². The van der Waals surface area contributed by atoms with Crippen molar-refractivity contribution in [2.24, 2.45) is 0 Å². The molecule has 1 aliphatic rings. The number of hydrogen-bond donors (Lipinski definition) is 0. The molecule has 0 unspecified atom stereocenters. The van der Waals surface area contributed by atoms with Crippen molar-refractivity contribution < 1.29 is 33.4 Å². The zero-order chi connectivity index (χ0) is 24.0. The van der Waals surface area contributed by atoms with Crippen LogP contribution in [0.4, 0.5) is 4.79 Å². The van der Waals surface area contributed by atoms with Crippen LogP contribution < -0.4 is 9.47 Å². The summed E-state index contributed by atoms with van der Waals surface area (Å²) in [7, 11) is 1.54. The number of benzene rings is 2. The Kier molecular flexibility index (Phi) is 7.89. The lowest BCUT2D eigenvalue weighted by Crippen LogP contribution is -2.35. The van der Waals surface area contributed by atoms with Crippen molar-refractivity contribution in [3.05, 3.63) is 64.6 Å². The van der Waals surface area contributed by atoms with Crippen molar-refractivity contribution in [2.75, 3.05) is 13.7 Å². The molecule has 0 radical (unpaired) electrons. The largest absolute Gasteiger partial charge is 0.497 e. The summed E-state index contributed by atoms with van der Waals surface area (Å²) in [4.78, 5) is 50.0. The molecule has 2 amide bonds. The van der Waals surface area contributed by atoms with E-state index in [1.165, 1.54) is 7.11 Å². The highest BCUT2D eigenvalue weighted by atomic mass is 32.2. The van der Waals surface area contributed by atoms with Gasteiger partial charge in [-0.15, -0.1) is 0 Å². The van der Waals surface area contributed by atoms with E-state index in [1.807, 2.05) is 6.92 Å². The molecule has 33 heavy (non-hydrogen) atoms. The van der Waals surface area contributed by atoms with Gasteiger partial charge in [0.1, 0.15) is 18.0 Å². The Morgan fingerprint density at radius 3 is 2.27 bits per heavy atom. The highest BCUT2D eigenvalue weighted by Crippen LogP contribution is 2.32. The lowest BCUT2D eigenvalue weighted by Gasteiger charge is -2.14. The molecule has 1 aliphatic heterocycles. The van der Waals surface area contributed by atoms with E-state index in [0.717, 1.165) is 16.7 Å². The van der Waals surface area contributed by atoms with Crippen LogP contribution in [0.25, 0.3) is 6.08 Å². The number of thioether (sulfide) groups is 1. The second-order valence-electron chi connectivity index (χ2n) is 7.16. The predicted molar refractivity (Wildman–Crippen MR) is 123 cm³/mol. The van der Waals surface area contributed by atoms with Crippen LogP contribution >= 0.6 is 11.8 Å². The molecule has 0 saturated carbocycles. The van der Waals surface area contributed by atoms with Gasteiger partial charge in [-0.05, 0) is 73.1 Å². The molecule has 1 atom stereocenters. The third kappa shape index (κ3) is 6.23. The lowest BCUT2D eigenvalue weighted by atomic mass is 10.2. The van der Waals surface area contributed by atoms with Gasteiger partial charge in [0.2, 0.25) is 0 Å². The van der Waals surface area contributed by atoms with Crippen LogP contribution in [0.3, 0.4) is 0 Å².